The molecular formula is C17H27FN2O. The summed E-state index contributed by atoms with van der Waals surface area (Å²) in [5, 5.41) is 3.40. The maximum absolute atomic E-state index is 13.8. The number of nitrogen functional groups attached to an aromatic ring is 1. The molecule has 4 heteroatoms. The Labute approximate surface area is 127 Å². The number of rotatable bonds is 6. The Balaban J connectivity index is 2.04. The van der Waals surface area contributed by atoms with Crippen LogP contribution in [-0.2, 0) is 0 Å². The Morgan fingerprint density at radius 1 is 1.29 bits per heavy atom. The molecule has 21 heavy (non-hydrogen) atoms. The number of nitrogens with two attached hydrogens (primary N) is 1. The van der Waals surface area contributed by atoms with Gasteiger partial charge in [0.2, 0.25) is 0 Å². The first-order chi connectivity index (χ1) is 10.0. The first kappa shape index (κ1) is 15.9. The highest BCUT2D eigenvalue weighted by atomic mass is 19.1. The normalized spacial score (nSPS) is 17.5. The summed E-state index contributed by atoms with van der Waals surface area (Å²) in [6.07, 6.45) is 7.25. The van der Waals surface area contributed by atoms with Gasteiger partial charge >= 0.3 is 0 Å². The lowest BCUT2D eigenvalue weighted by atomic mass is 9.76. The summed E-state index contributed by atoms with van der Waals surface area (Å²) in [6, 6.07) is 3.03. The summed E-state index contributed by atoms with van der Waals surface area (Å²) in [7, 11) is 0. The summed E-state index contributed by atoms with van der Waals surface area (Å²) >= 11 is 0. The van der Waals surface area contributed by atoms with Crippen LogP contribution in [0.15, 0.2) is 12.1 Å². The van der Waals surface area contributed by atoms with Crippen molar-refractivity contribution in [3.63, 3.8) is 0 Å². The van der Waals surface area contributed by atoms with Gasteiger partial charge in [-0.15, -0.1) is 0 Å². The second-order valence-electron chi connectivity index (χ2n) is 6.44. The van der Waals surface area contributed by atoms with Crippen LogP contribution in [0.25, 0.3) is 0 Å². The number of benzene rings is 1. The van der Waals surface area contributed by atoms with Crippen LogP contribution in [0.5, 0.6) is 5.75 Å². The van der Waals surface area contributed by atoms with E-state index >= 15 is 0 Å². The van der Waals surface area contributed by atoms with Crippen molar-refractivity contribution in [3.8, 4) is 5.75 Å². The largest absolute Gasteiger partial charge is 0.490 e. The highest BCUT2D eigenvalue weighted by molar-refractivity contribution is 5.68. The monoisotopic (exact) mass is 294 g/mol. The van der Waals surface area contributed by atoms with E-state index in [0.717, 1.165) is 18.7 Å². The Hall–Kier alpha value is -1.45. The molecule has 0 aromatic heterocycles. The van der Waals surface area contributed by atoms with Crippen molar-refractivity contribution in [1.82, 2.24) is 0 Å². The molecular weight excluding hydrogens is 267 g/mol. The van der Waals surface area contributed by atoms with Gasteiger partial charge in [-0.3, -0.25) is 0 Å². The number of nitrogens with one attached hydrogen (secondary N) is 1. The molecule has 1 aliphatic carbocycles. The van der Waals surface area contributed by atoms with Crippen molar-refractivity contribution in [2.24, 2.45) is 5.41 Å². The summed E-state index contributed by atoms with van der Waals surface area (Å²) in [4.78, 5) is 0. The molecule has 0 saturated heterocycles. The Morgan fingerprint density at radius 3 is 2.67 bits per heavy atom. The van der Waals surface area contributed by atoms with Crippen LogP contribution >= 0.6 is 0 Å². The fourth-order valence-corrected chi connectivity index (χ4v) is 2.94. The maximum atomic E-state index is 13.8. The molecule has 0 amide bonds. The molecule has 0 heterocycles. The minimum atomic E-state index is -0.393. The Morgan fingerprint density at radius 2 is 2.00 bits per heavy atom. The van der Waals surface area contributed by atoms with E-state index in [1.165, 1.54) is 38.2 Å². The first-order valence-electron chi connectivity index (χ1n) is 8.00. The predicted molar refractivity (Wildman–Crippen MR) is 86.3 cm³/mol. The number of hydrogen-bond acceptors (Lipinski definition) is 3. The van der Waals surface area contributed by atoms with Crippen molar-refractivity contribution in [2.75, 3.05) is 24.2 Å². The van der Waals surface area contributed by atoms with Crippen LogP contribution < -0.4 is 15.8 Å². The lowest BCUT2D eigenvalue weighted by Crippen LogP contribution is -2.29. The molecule has 0 spiro atoms. The van der Waals surface area contributed by atoms with Gasteiger partial charge in [0.15, 0.2) is 11.6 Å². The molecule has 3 N–H and O–H groups in total. The zero-order valence-electron chi connectivity index (χ0n) is 13.2. The minimum absolute atomic E-state index is 0.280. The lowest BCUT2D eigenvalue weighted by molar-refractivity contribution is 0.233. The SMILES string of the molecule is CCCOc1cc(NCC2(C)CCCCC2)c(N)cc1F. The highest BCUT2D eigenvalue weighted by Crippen LogP contribution is 2.37. The van der Waals surface area contributed by atoms with Crippen molar-refractivity contribution < 1.29 is 9.13 Å². The minimum Gasteiger partial charge on any atom is -0.490 e. The smallest absolute Gasteiger partial charge is 0.167 e. The third-order valence-corrected chi connectivity index (χ3v) is 4.33. The molecule has 3 nitrogen and oxygen atoms in total. The lowest BCUT2D eigenvalue weighted by Gasteiger charge is -2.34. The number of hydrogen-bond donors (Lipinski definition) is 2. The van der Waals surface area contributed by atoms with Crippen LogP contribution in [0.4, 0.5) is 15.8 Å². The molecule has 1 fully saturated rings. The molecule has 0 unspecified atom stereocenters. The van der Waals surface area contributed by atoms with Gasteiger partial charge in [-0.2, -0.15) is 0 Å². The van der Waals surface area contributed by atoms with E-state index in [1.807, 2.05) is 6.92 Å². The summed E-state index contributed by atoms with van der Waals surface area (Å²) < 4.78 is 19.2. The van der Waals surface area contributed by atoms with E-state index in [-0.39, 0.29) is 5.75 Å². The molecule has 118 valence electrons. The van der Waals surface area contributed by atoms with E-state index in [4.69, 9.17) is 10.5 Å². The van der Waals surface area contributed by atoms with Gasteiger partial charge < -0.3 is 15.8 Å². The van der Waals surface area contributed by atoms with Gasteiger partial charge in [0.25, 0.3) is 0 Å². The van der Waals surface area contributed by atoms with E-state index in [2.05, 4.69) is 12.2 Å². The number of anilines is 2. The van der Waals surface area contributed by atoms with Gasteiger partial charge in [-0.1, -0.05) is 33.1 Å². The summed E-state index contributed by atoms with van der Waals surface area (Å²) in [5.41, 5.74) is 7.44. The first-order valence-corrected chi connectivity index (χ1v) is 8.00. The molecule has 0 aliphatic heterocycles. The summed E-state index contributed by atoms with van der Waals surface area (Å²) in [5.74, 6) is -0.113. The van der Waals surface area contributed by atoms with Gasteiger partial charge in [0.1, 0.15) is 0 Å². The van der Waals surface area contributed by atoms with Gasteiger partial charge in [0.05, 0.1) is 18.0 Å². The van der Waals surface area contributed by atoms with E-state index in [0.29, 0.717) is 17.7 Å². The van der Waals surface area contributed by atoms with E-state index in [1.54, 1.807) is 6.07 Å². The third kappa shape index (κ3) is 4.26. The summed E-state index contributed by atoms with van der Waals surface area (Å²) in [6.45, 7) is 5.69. The van der Waals surface area contributed by atoms with Crippen molar-refractivity contribution in [3.05, 3.63) is 17.9 Å². The molecule has 1 aromatic carbocycles. The van der Waals surface area contributed by atoms with Crippen LogP contribution in [0.3, 0.4) is 0 Å². The molecule has 1 saturated carbocycles. The molecule has 1 aromatic rings. The average molecular weight is 294 g/mol. The second-order valence-corrected chi connectivity index (χ2v) is 6.44. The van der Waals surface area contributed by atoms with Crippen molar-refractivity contribution in [1.29, 1.82) is 0 Å². The quantitative estimate of drug-likeness (QED) is 0.755. The van der Waals surface area contributed by atoms with Crippen LogP contribution in [0.2, 0.25) is 0 Å². The molecule has 1 aliphatic rings. The molecule has 0 atom stereocenters. The molecule has 0 radical (unpaired) electrons. The second kappa shape index (κ2) is 7.01. The maximum Gasteiger partial charge on any atom is 0.167 e. The van der Waals surface area contributed by atoms with Crippen molar-refractivity contribution >= 4 is 11.4 Å². The third-order valence-electron chi connectivity index (χ3n) is 4.33. The Kier molecular flexibility index (Phi) is 5.32. The standard InChI is InChI=1S/C17H27FN2O/c1-3-9-21-16-11-15(14(19)10-13(16)18)20-12-17(2)7-5-4-6-8-17/h10-11,20H,3-9,12,19H2,1-2H3. The van der Waals surface area contributed by atoms with Crippen LogP contribution in [0, 0.1) is 11.2 Å². The fourth-order valence-electron chi connectivity index (χ4n) is 2.94. The highest BCUT2D eigenvalue weighted by Gasteiger charge is 2.26. The van der Waals surface area contributed by atoms with E-state index < -0.39 is 5.82 Å². The molecule has 2 rings (SSSR count). The van der Waals surface area contributed by atoms with Gasteiger partial charge in [-0.25, -0.2) is 4.39 Å². The average Bonchev–Trinajstić information content (AvgIpc) is 2.46. The van der Waals surface area contributed by atoms with Crippen LogP contribution in [0.1, 0.15) is 52.4 Å². The topological polar surface area (TPSA) is 47.3 Å². The fraction of sp³-hybridized carbons (Fsp3) is 0.647. The zero-order chi connectivity index (χ0) is 15.3. The van der Waals surface area contributed by atoms with Gasteiger partial charge in [-0.05, 0) is 24.7 Å². The number of halogens is 1. The molecule has 0 bridgehead atoms. The Bertz CT molecular complexity index is 470. The van der Waals surface area contributed by atoms with Crippen molar-refractivity contribution in [2.45, 2.75) is 52.4 Å². The van der Waals surface area contributed by atoms with Gasteiger partial charge in [0, 0.05) is 18.7 Å². The predicted octanol–water partition coefficient (Wildman–Crippen LogP) is 4.58. The van der Waals surface area contributed by atoms with E-state index in [9.17, 15) is 4.39 Å². The van der Waals surface area contributed by atoms with Crippen LogP contribution in [-0.4, -0.2) is 13.2 Å². The number of ether oxygens (including phenoxy) is 1. The zero-order valence-corrected chi connectivity index (χ0v) is 13.2.